The molecule has 0 radical (unpaired) electrons. The van der Waals surface area contributed by atoms with Crippen molar-refractivity contribution in [3.63, 3.8) is 0 Å². The molecule has 9 heteroatoms. The summed E-state index contributed by atoms with van der Waals surface area (Å²) in [4.78, 5) is 4.64. The van der Waals surface area contributed by atoms with E-state index in [1.54, 1.807) is 18.3 Å². The minimum atomic E-state index is -0.444. The standard InChI is InChI=1S/C29H29ClN8/c1-28(2,3)17-34-25-19(14-32)15-33-26-21(25)11-18(13-31)12-23(26)35-27(20-7-5-6-8-22(20)30)24-16-38(37-36-24)29(4)9-10-29/h5-8,11-12,15-16,27,35H,9-10,17H2,1-4H3,(H,33,34)/t27-/m0/s1. The summed E-state index contributed by atoms with van der Waals surface area (Å²) in [5.74, 6) is 0. The molecule has 1 fully saturated rings. The van der Waals surface area contributed by atoms with E-state index in [1.165, 1.54) is 0 Å². The molecule has 2 aromatic heterocycles. The quantitative estimate of drug-likeness (QED) is 0.287. The van der Waals surface area contributed by atoms with Crippen LogP contribution in [-0.2, 0) is 5.54 Å². The SMILES string of the molecule is CC(C)(C)CNc1c(C#N)cnc2c(N[C@H](c3cn(C4(C)CC4)nn3)c3ccccc3Cl)cc(C#N)cc12. The zero-order valence-electron chi connectivity index (χ0n) is 21.9. The Kier molecular flexibility index (Phi) is 6.46. The fraction of sp³-hybridized carbons (Fsp3) is 0.345. The topological polar surface area (TPSA) is 115 Å². The highest BCUT2D eigenvalue weighted by Gasteiger charge is 2.41. The van der Waals surface area contributed by atoms with Gasteiger partial charge in [0.15, 0.2) is 0 Å². The number of hydrogen-bond donors (Lipinski definition) is 2. The van der Waals surface area contributed by atoms with Crippen molar-refractivity contribution in [1.82, 2.24) is 20.0 Å². The molecule has 0 spiro atoms. The molecule has 1 saturated carbocycles. The molecule has 38 heavy (non-hydrogen) atoms. The van der Waals surface area contributed by atoms with Crippen LogP contribution < -0.4 is 10.6 Å². The maximum absolute atomic E-state index is 9.88. The Labute approximate surface area is 227 Å². The lowest BCUT2D eigenvalue weighted by molar-refractivity contribution is 0.443. The number of nitrogens with one attached hydrogen (secondary N) is 2. The molecular formula is C29H29ClN8. The summed E-state index contributed by atoms with van der Waals surface area (Å²) in [7, 11) is 0. The van der Waals surface area contributed by atoms with Gasteiger partial charge in [-0.3, -0.25) is 4.98 Å². The second-order valence-corrected chi connectivity index (χ2v) is 11.7. The van der Waals surface area contributed by atoms with E-state index in [0.717, 1.165) is 18.4 Å². The van der Waals surface area contributed by atoms with E-state index in [4.69, 9.17) is 11.6 Å². The number of rotatable bonds is 7. The summed E-state index contributed by atoms with van der Waals surface area (Å²) in [5.41, 5.74) is 4.32. The fourth-order valence-corrected chi connectivity index (χ4v) is 4.61. The number of anilines is 2. The lowest BCUT2D eigenvalue weighted by atomic mass is 9.96. The van der Waals surface area contributed by atoms with Crippen LogP contribution in [0.1, 0.15) is 69.0 Å². The summed E-state index contributed by atoms with van der Waals surface area (Å²) in [6.07, 6.45) is 5.65. The van der Waals surface area contributed by atoms with Crippen molar-refractivity contribution < 1.29 is 0 Å². The second kappa shape index (κ2) is 9.63. The van der Waals surface area contributed by atoms with Crippen LogP contribution in [0.2, 0.25) is 5.02 Å². The summed E-state index contributed by atoms with van der Waals surface area (Å²) in [5, 5.41) is 36.9. The molecule has 0 unspecified atom stereocenters. The molecule has 0 aliphatic heterocycles. The van der Waals surface area contributed by atoms with Crippen LogP contribution >= 0.6 is 11.6 Å². The first-order valence-corrected chi connectivity index (χ1v) is 12.9. The molecule has 0 bridgehead atoms. The molecule has 192 valence electrons. The summed E-state index contributed by atoms with van der Waals surface area (Å²) in [6.45, 7) is 9.16. The number of fused-ring (bicyclic) bond motifs is 1. The molecule has 1 aliphatic carbocycles. The fourth-order valence-electron chi connectivity index (χ4n) is 4.36. The Morgan fingerprint density at radius 2 is 1.92 bits per heavy atom. The largest absolute Gasteiger partial charge is 0.383 e. The average molecular weight is 525 g/mol. The van der Waals surface area contributed by atoms with Gasteiger partial charge >= 0.3 is 0 Å². The molecule has 0 amide bonds. The van der Waals surface area contributed by atoms with Gasteiger partial charge < -0.3 is 10.6 Å². The van der Waals surface area contributed by atoms with Gasteiger partial charge in [-0.05, 0) is 48.9 Å². The first kappa shape index (κ1) is 25.5. The third-order valence-corrected chi connectivity index (χ3v) is 7.21. The van der Waals surface area contributed by atoms with Crippen molar-refractivity contribution >= 4 is 33.9 Å². The minimum Gasteiger partial charge on any atom is -0.383 e. The highest BCUT2D eigenvalue weighted by molar-refractivity contribution is 6.31. The monoisotopic (exact) mass is 524 g/mol. The maximum Gasteiger partial charge on any atom is 0.110 e. The summed E-state index contributed by atoms with van der Waals surface area (Å²) < 4.78 is 1.92. The van der Waals surface area contributed by atoms with E-state index in [-0.39, 0.29) is 11.0 Å². The van der Waals surface area contributed by atoms with Gasteiger partial charge in [-0.2, -0.15) is 10.5 Å². The van der Waals surface area contributed by atoms with Gasteiger partial charge in [-0.25, -0.2) is 4.68 Å². The first-order valence-electron chi connectivity index (χ1n) is 12.6. The zero-order chi connectivity index (χ0) is 27.1. The van der Waals surface area contributed by atoms with Gasteiger partial charge in [-0.1, -0.05) is 55.8 Å². The normalized spacial score (nSPS) is 14.9. The predicted octanol–water partition coefficient (Wildman–Crippen LogP) is 6.39. The number of nitriles is 2. The van der Waals surface area contributed by atoms with Crippen LogP contribution in [0.25, 0.3) is 10.9 Å². The molecule has 8 nitrogen and oxygen atoms in total. The van der Waals surface area contributed by atoms with E-state index in [0.29, 0.717) is 50.7 Å². The number of benzene rings is 2. The lowest BCUT2D eigenvalue weighted by Crippen LogP contribution is -2.20. The van der Waals surface area contributed by atoms with Crippen molar-refractivity contribution in [3.05, 3.63) is 76.2 Å². The molecule has 2 N–H and O–H groups in total. The van der Waals surface area contributed by atoms with Crippen molar-refractivity contribution in [3.8, 4) is 12.1 Å². The van der Waals surface area contributed by atoms with Gasteiger partial charge in [-0.15, -0.1) is 5.10 Å². The van der Waals surface area contributed by atoms with E-state index < -0.39 is 6.04 Å². The van der Waals surface area contributed by atoms with Crippen molar-refractivity contribution in [2.45, 2.75) is 52.1 Å². The highest BCUT2D eigenvalue weighted by atomic mass is 35.5. The third kappa shape index (κ3) is 5.01. The van der Waals surface area contributed by atoms with Crippen LogP contribution in [0, 0.1) is 28.1 Å². The summed E-state index contributed by atoms with van der Waals surface area (Å²) >= 11 is 6.66. The first-order chi connectivity index (χ1) is 18.1. The van der Waals surface area contributed by atoms with Gasteiger partial charge in [0, 0.05) is 23.2 Å². The van der Waals surface area contributed by atoms with Gasteiger partial charge in [0.2, 0.25) is 0 Å². The van der Waals surface area contributed by atoms with E-state index in [9.17, 15) is 10.5 Å². The van der Waals surface area contributed by atoms with Gasteiger partial charge in [0.25, 0.3) is 0 Å². The number of aromatic nitrogens is 4. The number of pyridine rings is 1. The van der Waals surface area contributed by atoms with E-state index in [2.05, 4.69) is 65.8 Å². The van der Waals surface area contributed by atoms with Crippen molar-refractivity contribution in [2.75, 3.05) is 17.2 Å². The number of hydrogen-bond acceptors (Lipinski definition) is 7. The zero-order valence-corrected chi connectivity index (χ0v) is 22.6. The summed E-state index contributed by atoms with van der Waals surface area (Å²) in [6, 6.07) is 15.2. The molecule has 2 aromatic carbocycles. The van der Waals surface area contributed by atoms with E-state index >= 15 is 0 Å². The number of halogens is 1. The van der Waals surface area contributed by atoms with Gasteiger partial charge in [0.05, 0.1) is 51.9 Å². The lowest BCUT2D eigenvalue weighted by Gasteiger charge is -2.23. The molecule has 5 rings (SSSR count). The smallest absolute Gasteiger partial charge is 0.110 e. The van der Waals surface area contributed by atoms with Crippen molar-refractivity contribution in [1.29, 1.82) is 10.5 Å². The highest BCUT2D eigenvalue weighted by Crippen LogP contribution is 2.43. The molecule has 0 saturated heterocycles. The molecular weight excluding hydrogens is 496 g/mol. The molecule has 4 aromatic rings. The Morgan fingerprint density at radius 1 is 1.16 bits per heavy atom. The Hall–Kier alpha value is -4.14. The third-order valence-electron chi connectivity index (χ3n) is 6.87. The molecule has 2 heterocycles. The van der Waals surface area contributed by atoms with Crippen LogP contribution in [0.3, 0.4) is 0 Å². The number of nitrogens with zero attached hydrogens (tertiary/aromatic N) is 6. The second-order valence-electron chi connectivity index (χ2n) is 11.3. The molecule has 1 atom stereocenters. The minimum absolute atomic E-state index is 0.00736. The van der Waals surface area contributed by atoms with Crippen LogP contribution in [-0.4, -0.2) is 26.5 Å². The Morgan fingerprint density at radius 3 is 2.58 bits per heavy atom. The Balaban J connectivity index is 1.65. The average Bonchev–Trinajstić information content (AvgIpc) is 3.44. The van der Waals surface area contributed by atoms with Crippen molar-refractivity contribution in [2.24, 2.45) is 5.41 Å². The van der Waals surface area contributed by atoms with Crippen LogP contribution in [0.4, 0.5) is 11.4 Å². The van der Waals surface area contributed by atoms with Gasteiger partial charge in [0.1, 0.15) is 11.8 Å². The predicted molar refractivity (Wildman–Crippen MR) is 149 cm³/mol. The van der Waals surface area contributed by atoms with Crippen LogP contribution in [0.15, 0.2) is 48.8 Å². The Bertz CT molecular complexity index is 1600. The maximum atomic E-state index is 9.88. The molecule has 1 aliphatic rings. The van der Waals surface area contributed by atoms with E-state index in [1.807, 2.05) is 35.1 Å². The van der Waals surface area contributed by atoms with Crippen LogP contribution in [0.5, 0.6) is 0 Å².